The second kappa shape index (κ2) is 6.59. The summed E-state index contributed by atoms with van der Waals surface area (Å²) in [5.74, 6) is 0.369. The highest BCUT2D eigenvalue weighted by Crippen LogP contribution is 2.48. The molecule has 1 amide bonds. The number of hydrogen-bond acceptors (Lipinski definition) is 3. The summed E-state index contributed by atoms with van der Waals surface area (Å²) in [5, 5.41) is 9.45. The van der Waals surface area contributed by atoms with Gasteiger partial charge in [-0.05, 0) is 43.0 Å². The lowest BCUT2D eigenvalue weighted by Crippen LogP contribution is -2.14. The number of carbonyl (C=O) groups excluding carboxylic acids is 1. The van der Waals surface area contributed by atoms with E-state index in [9.17, 15) is 9.59 Å². The Morgan fingerprint density at radius 2 is 1.96 bits per heavy atom. The highest BCUT2D eigenvalue weighted by atomic mass is 16.2. The van der Waals surface area contributed by atoms with E-state index in [2.05, 4.69) is 40.6 Å². The topological polar surface area (TPSA) is 74.8 Å². The third-order valence-electron chi connectivity index (χ3n) is 4.70. The van der Waals surface area contributed by atoms with Crippen molar-refractivity contribution >= 4 is 11.6 Å². The fourth-order valence-corrected chi connectivity index (χ4v) is 3.25. The first kappa shape index (κ1) is 16.3. The Morgan fingerprint density at radius 1 is 1.12 bits per heavy atom. The fourth-order valence-electron chi connectivity index (χ4n) is 3.25. The predicted octanol–water partition coefficient (Wildman–Crippen LogP) is 3.49. The number of anilines is 1. The first-order valence-corrected chi connectivity index (χ1v) is 8.64. The van der Waals surface area contributed by atoms with Gasteiger partial charge in [0.1, 0.15) is 0 Å². The number of nitrogens with one attached hydrogen (secondary N) is 2. The largest absolute Gasteiger partial charge is 0.326 e. The Bertz CT molecular complexity index is 1010. The molecule has 1 aliphatic rings. The third kappa shape index (κ3) is 3.42. The number of amides is 1. The predicted molar refractivity (Wildman–Crippen MR) is 101 cm³/mol. The molecule has 0 bridgehead atoms. The van der Waals surface area contributed by atoms with Crippen LogP contribution >= 0.6 is 0 Å². The van der Waals surface area contributed by atoms with Gasteiger partial charge in [-0.2, -0.15) is 5.10 Å². The van der Waals surface area contributed by atoms with Gasteiger partial charge in [-0.15, -0.1) is 0 Å². The minimum Gasteiger partial charge on any atom is -0.326 e. The average Bonchev–Trinajstić information content (AvgIpc) is 3.44. The Kier molecular flexibility index (Phi) is 4.13. The number of nitrogens with zero attached hydrogens (tertiary/aromatic N) is 1. The number of rotatable bonds is 4. The van der Waals surface area contributed by atoms with Crippen LogP contribution in [0.15, 0.2) is 65.5 Å². The van der Waals surface area contributed by atoms with E-state index in [1.807, 2.05) is 30.3 Å². The lowest BCUT2D eigenvalue weighted by atomic mass is 10.1. The van der Waals surface area contributed by atoms with E-state index in [1.54, 1.807) is 6.07 Å². The summed E-state index contributed by atoms with van der Waals surface area (Å²) < 4.78 is 0. The lowest BCUT2D eigenvalue weighted by Gasteiger charge is -2.07. The van der Waals surface area contributed by atoms with Crippen LogP contribution in [0, 0.1) is 12.8 Å². The van der Waals surface area contributed by atoms with Gasteiger partial charge in [0.15, 0.2) is 0 Å². The van der Waals surface area contributed by atoms with Crippen molar-refractivity contribution in [2.75, 3.05) is 5.32 Å². The molecule has 4 rings (SSSR count). The van der Waals surface area contributed by atoms with Gasteiger partial charge in [0.05, 0.1) is 5.69 Å². The first-order chi connectivity index (χ1) is 12.6. The number of benzene rings is 2. The molecule has 5 heteroatoms. The van der Waals surface area contributed by atoms with E-state index in [0.717, 1.165) is 17.7 Å². The quantitative estimate of drug-likeness (QED) is 0.760. The summed E-state index contributed by atoms with van der Waals surface area (Å²) in [6, 6.07) is 18.9. The van der Waals surface area contributed by atoms with Crippen molar-refractivity contribution in [2.45, 2.75) is 19.3 Å². The van der Waals surface area contributed by atoms with Gasteiger partial charge in [-0.25, -0.2) is 5.10 Å². The molecule has 0 unspecified atom stereocenters. The number of aromatic amines is 1. The van der Waals surface area contributed by atoms with Crippen LogP contribution in [0.5, 0.6) is 0 Å². The van der Waals surface area contributed by atoms with E-state index in [0.29, 0.717) is 11.6 Å². The van der Waals surface area contributed by atoms with Crippen molar-refractivity contribution in [3.8, 4) is 11.3 Å². The van der Waals surface area contributed by atoms with Crippen LogP contribution in [0.3, 0.4) is 0 Å². The van der Waals surface area contributed by atoms with Crippen molar-refractivity contribution in [1.82, 2.24) is 10.2 Å². The first-order valence-electron chi connectivity index (χ1n) is 8.64. The van der Waals surface area contributed by atoms with Gasteiger partial charge in [-0.1, -0.05) is 42.0 Å². The maximum Gasteiger partial charge on any atom is 0.264 e. The summed E-state index contributed by atoms with van der Waals surface area (Å²) in [6.07, 6.45) is 0.885. The third-order valence-corrected chi connectivity index (χ3v) is 4.70. The molecule has 1 fully saturated rings. The van der Waals surface area contributed by atoms with Crippen LogP contribution in [0.1, 0.15) is 23.5 Å². The summed E-state index contributed by atoms with van der Waals surface area (Å²) >= 11 is 0. The Hall–Kier alpha value is -3.21. The van der Waals surface area contributed by atoms with Crippen molar-refractivity contribution in [3.63, 3.8) is 0 Å². The van der Waals surface area contributed by atoms with Crippen LogP contribution in [0.2, 0.25) is 0 Å². The number of carbonyl (C=O) groups is 1. The fraction of sp³-hybridized carbons (Fsp3) is 0.190. The van der Waals surface area contributed by atoms with Gasteiger partial charge in [-0.3, -0.25) is 9.59 Å². The van der Waals surface area contributed by atoms with Gasteiger partial charge >= 0.3 is 0 Å². The Labute approximate surface area is 151 Å². The van der Waals surface area contributed by atoms with Gasteiger partial charge in [0.2, 0.25) is 5.91 Å². The maximum absolute atomic E-state index is 12.6. The molecule has 0 radical (unpaired) electrons. The van der Waals surface area contributed by atoms with E-state index in [1.165, 1.54) is 17.2 Å². The maximum atomic E-state index is 12.6. The summed E-state index contributed by atoms with van der Waals surface area (Å²) in [5.41, 5.74) is 4.44. The molecule has 2 aromatic carbocycles. The smallest absolute Gasteiger partial charge is 0.264 e. The lowest BCUT2D eigenvalue weighted by molar-refractivity contribution is -0.117. The van der Waals surface area contributed by atoms with Crippen molar-refractivity contribution in [3.05, 3.63) is 82.1 Å². The zero-order valence-corrected chi connectivity index (χ0v) is 14.4. The molecule has 0 spiro atoms. The molecule has 1 aromatic heterocycles. The Morgan fingerprint density at radius 3 is 2.73 bits per heavy atom. The highest BCUT2D eigenvalue weighted by Gasteiger charge is 2.43. The van der Waals surface area contributed by atoms with Gasteiger partial charge in [0, 0.05) is 23.2 Å². The van der Waals surface area contributed by atoms with E-state index >= 15 is 0 Å². The summed E-state index contributed by atoms with van der Waals surface area (Å²) in [6.45, 7) is 2.07. The number of hydrogen-bond donors (Lipinski definition) is 2. The van der Waals surface area contributed by atoms with Crippen LogP contribution < -0.4 is 10.9 Å². The average molecular weight is 345 g/mol. The number of H-pyrrole nitrogens is 1. The standard InChI is InChI=1S/C21H19N3O2/c1-13-4-2-5-14(10-13)17-12-18(17)21(26)22-16-7-3-6-15(11-16)19-8-9-20(25)24-23-19/h2-11,17-18H,12H2,1H3,(H,22,26)(H,24,25)/t17-,18-/m0/s1. The van der Waals surface area contributed by atoms with Crippen molar-refractivity contribution in [2.24, 2.45) is 5.92 Å². The molecule has 1 saturated carbocycles. The molecule has 5 nitrogen and oxygen atoms in total. The van der Waals surface area contributed by atoms with Crippen LogP contribution in [-0.2, 0) is 4.79 Å². The van der Waals surface area contributed by atoms with E-state index in [4.69, 9.17) is 0 Å². The van der Waals surface area contributed by atoms with Crippen molar-refractivity contribution in [1.29, 1.82) is 0 Å². The molecule has 26 heavy (non-hydrogen) atoms. The molecule has 1 aliphatic carbocycles. The molecular weight excluding hydrogens is 326 g/mol. The number of aromatic nitrogens is 2. The molecule has 130 valence electrons. The van der Waals surface area contributed by atoms with Crippen molar-refractivity contribution < 1.29 is 4.79 Å². The minimum absolute atomic E-state index is 0.0201. The monoisotopic (exact) mass is 345 g/mol. The molecule has 0 saturated heterocycles. The normalized spacial score (nSPS) is 18.3. The van der Waals surface area contributed by atoms with E-state index < -0.39 is 0 Å². The molecule has 1 heterocycles. The summed E-state index contributed by atoms with van der Waals surface area (Å²) in [4.78, 5) is 23.7. The zero-order valence-electron chi connectivity index (χ0n) is 14.4. The van der Waals surface area contributed by atoms with Gasteiger partial charge < -0.3 is 5.32 Å². The van der Waals surface area contributed by atoms with Crippen LogP contribution in [0.4, 0.5) is 5.69 Å². The molecule has 3 aromatic rings. The Balaban J connectivity index is 1.46. The molecular formula is C21H19N3O2. The SMILES string of the molecule is Cc1cccc([C@@H]2C[C@@H]2C(=O)Nc2cccc(-c3ccc(=O)[nH]n3)c2)c1. The molecule has 0 aliphatic heterocycles. The van der Waals surface area contributed by atoms with Gasteiger partial charge in [0.25, 0.3) is 5.56 Å². The molecule has 2 atom stereocenters. The molecule has 2 N–H and O–H groups in total. The second-order valence-electron chi connectivity index (χ2n) is 6.74. The van der Waals surface area contributed by atoms with Crippen LogP contribution in [0.25, 0.3) is 11.3 Å². The second-order valence-corrected chi connectivity index (χ2v) is 6.74. The minimum atomic E-state index is -0.242. The number of aryl methyl sites for hydroxylation is 1. The zero-order chi connectivity index (χ0) is 18.1. The van der Waals surface area contributed by atoms with E-state index in [-0.39, 0.29) is 17.4 Å². The summed E-state index contributed by atoms with van der Waals surface area (Å²) in [7, 11) is 0. The highest BCUT2D eigenvalue weighted by molar-refractivity contribution is 5.95. The van der Waals surface area contributed by atoms with Crippen LogP contribution in [-0.4, -0.2) is 16.1 Å².